The minimum Gasteiger partial charge on any atom is -0.352 e. The molecule has 1 amide bonds. The predicted molar refractivity (Wildman–Crippen MR) is 68.9 cm³/mol. The zero-order valence-electron chi connectivity index (χ0n) is 8.43. The van der Waals surface area contributed by atoms with E-state index in [4.69, 9.17) is 11.6 Å². The predicted octanol–water partition coefficient (Wildman–Crippen LogP) is 3.65. The first-order chi connectivity index (χ1) is 7.09. The van der Waals surface area contributed by atoms with Crippen LogP contribution in [0.25, 0.3) is 0 Å². The number of thiophene rings is 1. The molecule has 0 saturated carbocycles. The lowest BCUT2D eigenvalue weighted by Gasteiger charge is -2.04. The molecule has 1 aromatic rings. The van der Waals surface area contributed by atoms with E-state index in [2.05, 4.69) is 21.2 Å². The number of nitrogens with one attached hydrogen (secondary N) is 1. The van der Waals surface area contributed by atoms with Gasteiger partial charge in [-0.15, -0.1) is 22.9 Å². The van der Waals surface area contributed by atoms with E-state index < -0.39 is 0 Å². The second-order valence-electron chi connectivity index (χ2n) is 3.32. The summed E-state index contributed by atoms with van der Waals surface area (Å²) in [5.41, 5.74) is 0.714. The van der Waals surface area contributed by atoms with Crippen molar-refractivity contribution in [1.29, 1.82) is 0 Å². The standard InChI is InChI=1S/C10H13BrClNOS/c1-7(12)3-2-4-13-10(14)8-5-9(11)15-6-8/h5-7H,2-4H2,1H3,(H,13,14). The second kappa shape index (κ2) is 6.51. The Morgan fingerprint density at radius 3 is 3.00 bits per heavy atom. The van der Waals surface area contributed by atoms with Crippen molar-refractivity contribution in [3.63, 3.8) is 0 Å². The second-order valence-corrected chi connectivity index (χ2v) is 6.35. The number of rotatable bonds is 5. The zero-order chi connectivity index (χ0) is 11.3. The van der Waals surface area contributed by atoms with E-state index in [0.717, 1.165) is 16.6 Å². The van der Waals surface area contributed by atoms with Crippen molar-refractivity contribution in [3.8, 4) is 0 Å². The molecular weight excluding hydrogens is 298 g/mol. The summed E-state index contributed by atoms with van der Waals surface area (Å²) in [4.78, 5) is 11.5. The van der Waals surface area contributed by atoms with Gasteiger partial charge < -0.3 is 5.32 Å². The van der Waals surface area contributed by atoms with Crippen LogP contribution in [0.1, 0.15) is 30.1 Å². The van der Waals surface area contributed by atoms with Gasteiger partial charge in [-0.2, -0.15) is 0 Å². The Kier molecular flexibility index (Phi) is 5.64. The van der Waals surface area contributed by atoms with E-state index in [9.17, 15) is 4.79 Å². The lowest BCUT2D eigenvalue weighted by Crippen LogP contribution is -2.24. The van der Waals surface area contributed by atoms with Crippen molar-refractivity contribution in [2.24, 2.45) is 0 Å². The van der Waals surface area contributed by atoms with Gasteiger partial charge in [0, 0.05) is 17.3 Å². The van der Waals surface area contributed by atoms with Gasteiger partial charge in [-0.3, -0.25) is 4.79 Å². The lowest BCUT2D eigenvalue weighted by atomic mass is 10.2. The summed E-state index contributed by atoms with van der Waals surface area (Å²) in [6.45, 7) is 2.64. The number of carbonyl (C=O) groups excluding carboxylic acids is 1. The first-order valence-electron chi connectivity index (χ1n) is 4.76. The molecule has 0 aliphatic carbocycles. The zero-order valence-corrected chi connectivity index (χ0v) is 11.6. The Morgan fingerprint density at radius 2 is 2.47 bits per heavy atom. The van der Waals surface area contributed by atoms with Crippen LogP contribution in [0.5, 0.6) is 0 Å². The summed E-state index contributed by atoms with van der Waals surface area (Å²) in [5, 5.41) is 4.87. The maximum atomic E-state index is 11.5. The van der Waals surface area contributed by atoms with E-state index in [0.29, 0.717) is 12.1 Å². The number of alkyl halides is 1. The summed E-state index contributed by atoms with van der Waals surface area (Å²) >= 11 is 10.6. The fourth-order valence-corrected chi connectivity index (χ4v) is 2.41. The largest absolute Gasteiger partial charge is 0.352 e. The molecule has 0 saturated heterocycles. The van der Waals surface area contributed by atoms with Crippen molar-refractivity contribution in [2.45, 2.75) is 25.1 Å². The third-order valence-electron chi connectivity index (χ3n) is 1.89. The van der Waals surface area contributed by atoms with E-state index in [1.165, 1.54) is 11.3 Å². The number of halogens is 2. The maximum Gasteiger partial charge on any atom is 0.252 e. The number of amides is 1. The molecule has 1 atom stereocenters. The van der Waals surface area contributed by atoms with Gasteiger partial charge in [-0.25, -0.2) is 0 Å². The van der Waals surface area contributed by atoms with Crippen LogP contribution in [-0.2, 0) is 0 Å². The van der Waals surface area contributed by atoms with Crippen molar-refractivity contribution in [2.75, 3.05) is 6.54 Å². The lowest BCUT2D eigenvalue weighted by molar-refractivity contribution is 0.0953. The molecule has 84 valence electrons. The molecule has 1 heterocycles. The fraction of sp³-hybridized carbons (Fsp3) is 0.500. The van der Waals surface area contributed by atoms with Crippen molar-refractivity contribution in [1.82, 2.24) is 5.32 Å². The SMILES string of the molecule is CC(Cl)CCCNC(=O)c1csc(Br)c1. The maximum absolute atomic E-state index is 11.5. The molecule has 1 unspecified atom stereocenters. The summed E-state index contributed by atoms with van der Waals surface area (Å²) in [6, 6.07) is 1.82. The molecule has 0 radical (unpaired) electrons. The van der Waals surface area contributed by atoms with Gasteiger partial charge in [-0.05, 0) is 41.8 Å². The normalized spacial score (nSPS) is 12.5. The van der Waals surface area contributed by atoms with E-state index in [-0.39, 0.29) is 11.3 Å². The third kappa shape index (κ3) is 5.00. The molecule has 0 spiro atoms. The highest BCUT2D eigenvalue weighted by Gasteiger charge is 2.06. The van der Waals surface area contributed by atoms with E-state index in [1.54, 1.807) is 0 Å². The van der Waals surface area contributed by atoms with Crippen LogP contribution >= 0.6 is 38.9 Å². The number of carbonyl (C=O) groups is 1. The van der Waals surface area contributed by atoms with Gasteiger partial charge >= 0.3 is 0 Å². The van der Waals surface area contributed by atoms with E-state index >= 15 is 0 Å². The Balaban J connectivity index is 2.25. The monoisotopic (exact) mass is 309 g/mol. The van der Waals surface area contributed by atoms with Crippen LogP contribution in [0.15, 0.2) is 15.2 Å². The number of hydrogen-bond donors (Lipinski definition) is 1. The number of hydrogen-bond acceptors (Lipinski definition) is 2. The molecule has 0 bridgehead atoms. The molecular formula is C10H13BrClNOS. The fourth-order valence-electron chi connectivity index (χ4n) is 1.12. The summed E-state index contributed by atoms with van der Waals surface area (Å²) in [5.74, 6) is -0.0147. The van der Waals surface area contributed by atoms with Crippen LogP contribution in [0.4, 0.5) is 0 Å². The van der Waals surface area contributed by atoms with Crippen LogP contribution < -0.4 is 5.32 Å². The highest BCUT2D eigenvalue weighted by atomic mass is 79.9. The quantitative estimate of drug-likeness (QED) is 0.653. The minimum absolute atomic E-state index is 0.0147. The average molecular weight is 311 g/mol. The van der Waals surface area contributed by atoms with Crippen LogP contribution in [-0.4, -0.2) is 17.8 Å². The van der Waals surface area contributed by atoms with Gasteiger partial charge in [0.2, 0.25) is 0 Å². The molecule has 5 heteroatoms. The van der Waals surface area contributed by atoms with Crippen molar-refractivity contribution < 1.29 is 4.79 Å². The van der Waals surface area contributed by atoms with Gasteiger partial charge in [-0.1, -0.05) is 0 Å². The average Bonchev–Trinajstić information content (AvgIpc) is 2.59. The van der Waals surface area contributed by atoms with Crippen molar-refractivity contribution >= 4 is 44.8 Å². The van der Waals surface area contributed by atoms with Gasteiger partial charge in [0.25, 0.3) is 5.91 Å². The molecule has 1 rings (SSSR count). The summed E-state index contributed by atoms with van der Waals surface area (Å²) < 4.78 is 0.974. The van der Waals surface area contributed by atoms with Crippen LogP contribution in [0.2, 0.25) is 0 Å². The summed E-state index contributed by atoms with van der Waals surface area (Å²) in [6.07, 6.45) is 1.84. The molecule has 2 nitrogen and oxygen atoms in total. The minimum atomic E-state index is -0.0147. The summed E-state index contributed by atoms with van der Waals surface area (Å²) in [7, 11) is 0. The van der Waals surface area contributed by atoms with Crippen LogP contribution in [0.3, 0.4) is 0 Å². The molecule has 1 aromatic heterocycles. The van der Waals surface area contributed by atoms with Crippen molar-refractivity contribution in [3.05, 3.63) is 20.8 Å². The first-order valence-corrected chi connectivity index (χ1v) is 6.87. The van der Waals surface area contributed by atoms with Gasteiger partial charge in [0.15, 0.2) is 0 Å². The molecule has 0 fully saturated rings. The molecule has 0 aliphatic heterocycles. The van der Waals surface area contributed by atoms with Crippen LogP contribution in [0, 0.1) is 0 Å². The Morgan fingerprint density at radius 1 is 1.73 bits per heavy atom. The first kappa shape index (κ1) is 13.0. The van der Waals surface area contributed by atoms with E-state index in [1.807, 2.05) is 18.4 Å². The molecule has 1 N–H and O–H groups in total. The molecule has 0 aliphatic rings. The topological polar surface area (TPSA) is 29.1 Å². The van der Waals surface area contributed by atoms with Gasteiger partial charge in [0.05, 0.1) is 9.35 Å². The Hall–Kier alpha value is -0.0600. The van der Waals surface area contributed by atoms with Gasteiger partial charge in [0.1, 0.15) is 0 Å². The highest BCUT2D eigenvalue weighted by Crippen LogP contribution is 2.20. The highest BCUT2D eigenvalue weighted by molar-refractivity contribution is 9.11. The Labute approximate surface area is 107 Å². The Bertz CT molecular complexity index is 327. The molecule has 0 aromatic carbocycles. The smallest absolute Gasteiger partial charge is 0.252 e. The third-order valence-corrected chi connectivity index (χ3v) is 3.62. The molecule has 15 heavy (non-hydrogen) atoms.